The summed E-state index contributed by atoms with van der Waals surface area (Å²) in [6, 6.07) is 24.2. The summed E-state index contributed by atoms with van der Waals surface area (Å²) >= 11 is 6.10. The average Bonchev–Trinajstić information content (AvgIpc) is 3.63. The number of hydrogen-bond acceptors (Lipinski definition) is 8. The molecule has 3 aliphatic heterocycles. The molecule has 1 aliphatic carbocycles. The van der Waals surface area contributed by atoms with Crippen LogP contribution in [-0.4, -0.2) is 95.7 Å². The van der Waals surface area contributed by atoms with Gasteiger partial charge in [0, 0.05) is 50.1 Å². The number of piperidine rings is 1. The first kappa shape index (κ1) is 35.9. The van der Waals surface area contributed by atoms with E-state index in [1.54, 1.807) is 34.1 Å². The van der Waals surface area contributed by atoms with Crippen molar-refractivity contribution in [3.05, 3.63) is 124 Å². The Labute approximate surface area is 320 Å². The molecule has 4 aliphatic rings. The standard InChI is InChI=1S/C41H35ClFN5O7/c42-25-11-9-24(10-12-25)21-47(41(54)55-23-32-28-7-3-1-5-26(28)27-6-2-4-8-29(27)32)22-37(50)46-17-15-45(16-18-46)35-20-31-30(19-33(35)43)39(52)48(40(31)53)34-13-14-36(49)44-38(34)51/h1-12,19-20,32,34H,13-18,21-23H2,(H,44,49,51). The van der Waals surface area contributed by atoms with Gasteiger partial charge < -0.3 is 14.5 Å². The maximum atomic E-state index is 15.5. The van der Waals surface area contributed by atoms with Crippen molar-refractivity contribution in [3.8, 4) is 11.1 Å². The largest absolute Gasteiger partial charge is 0.448 e. The molecular formula is C41H35ClFN5O7. The molecule has 14 heteroatoms. The molecule has 280 valence electrons. The van der Waals surface area contributed by atoms with Crippen molar-refractivity contribution >= 4 is 52.9 Å². The van der Waals surface area contributed by atoms with E-state index in [1.165, 1.54) is 11.0 Å². The van der Waals surface area contributed by atoms with E-state index in [4.69, 9.17) is 16.3 Å². The molecule has 1 N–H and O–H groups in total. The number of fused-ring (bicyclic) bond motifs is 4. The van der Waals surface area contributed by atoms with Crippen molar-refractivity contribution in [2.75, 3.05) is 44.2 Å². The molecule has 55 heavy (non-hydrogen) atoms. The van der Waals surface area contributed by atoms with Gasteiger partial charge in [-0.25, -0.2) is 9.18 Å². The first-order valence-electron chi connectivity index (χ1n) is 18.0. The predicted octanol–water partition coefficient (Wildman–Crippen LogP) is 4.98. The first-order valence-corrected chi connectivity index (χ1v) is 18.4. The lowest BCUT2D eigenvalue weighted by Gasteiger charge is -2.37. The van der Waals surface area contributed by atoms with Crippen LogP contribution in [0.25, 0.3) is 11.1 Å². The zero-order valence-corrected chi connectivity index (χ0v) is 30.3. The van der Waals surface area contributed by atoms with Crippen LogP contribution in [0.5, 0.6) is 0 Å². The number of hydrogen-bond donors (Lipinski definition) is 1. The molecule has 8 rings (SSSR count). The van der Waals surface area contributed by atoms with Gasteiger partial charge in [-0.3, -0.25) is 39.1 Å². The van der Waals surface area contributed by atoms with Crippen LogP contribution in [0.15, 0.2) is 84.9 Å². The van der Waals surface area contributed by atoms with E-state index in [2.05, 4.69) is 17.4 Å². The smallest absolute Gasteiger partial charge is 0.410 e. The molecular weight excluding hydrogens is 729 g/mol. The topological polar surface area (TPSA) is 137 Å². The highest BCUT2D eigenvalue weighted by atomic mass is 35.5. The molecule has 0 aromatic heterocycles. The highest BCUT2D eigenvalue weighted by Crippen LogP contribution is 2.44. The second kappa shape index (κ2) is 14.6. The highest BCUT2D eigenvalue weighted by molar-refractivity contribution is 6.30. The molecule has 2 saturated heterocycles. The Balaban J connectivity index is 0.937. The van der Waals surface area contributed by atoms with Crippen molar-refractivity contribution in [2.45, 2.75) is 31.3 Å². The Kier molecular flexibility index (Phi) is 9.56. The van der Waals surface area contributed by atoms with E-state index in [0.717, 1.165) is 38.8 Å². The maximum absolute atomic E-state index is 15.5. The summed E-state index contributed by atoms with van der Waals surface area (Å²) in [6.45, 7) is 0.740. The number of carbonyl (C=O) groups excluding carboxylic acids is 6. The summed E-state index contributed by atoms with van der Waals surface area (Å²) in [7, 11) is 0. The third-order valence-corrected chi connectivity index (χ3v) is 10.9. The molecule has 1 unspecified atom stereocenters. The van der Waals surface area contributed by atoms with E-state index in [0.29, 0.717) is 5.02 Å². The Bertz CT molecular complexity index is 2210. The van der Waals surface area contributed by atoms with Crippen molar-refractivity contribution < 1.29 is 37.9 Å². The number of anilines is 1. The second-order valence-corrected chi connectivity index (χ2v) is 14.4. The van der Waals surface area contributed by atoms with Crippen LogP contribution in [0.4, 0.5) is 14.9 Å². The minimum Gasteiger partial charge on any atom is -0.448 e. The summed E-state index contributed by atoms with van der Waals surface area (Å²) in [5.41, 5.74) is 4.98. The molecule has 6 amide bonds. The summed E-state index contributed by atoms with van der Waals surface area (Å²) in [6.07, 6.45) is -0.689. The first-order chi connectivity index (χ1) is 26.6. The number of piperazine rings is 1. The summed E-state index contributed by atoms with van der Waals surface area (Å²) in [5, 5.41) is 2.68. The van der Waals surface area contributed by atoms with Gasteiger partial charge in [0.15, 0.2) is 0 Å². The molecule has 3 heterocycles. The maximum Gasteiger partial charge on any atom is 0.410 e. The van der Waals surface area contributed by atoms with Gasteiger partial charge in [0.25, 0.3) is 11.8 Å². The van der Waals surface area contributed by atoms with Crippen LogP contribution in [-0.2, 0) is 25.7 Å². The van der Waals surface area contributed by atoms with Crippen molar-refractivity contribution in [1.82, 2.24) is 20.0 Å². The lowest BCUT2D eigenvalue weighted by molar-refractivity contribution is -0.136. The molecule has 1 atom stereocenters. The van der Waals surface area contributed by atoms with Gasteiger partial charge in [-0.1, -0.05) is 72.3 Å². The molecule has 0 radical (unpaired) electrons. The number of rotatable bonds is 8. The Morgan fingerprint density at radius 3 is 2.07 bits per heavy atom. The number of nitrogens with zero attached hydrogens (tertiary/aromatic N) is 4. The Hall–Kier alpha value is -6.08. The molecule has 0 spiro atoms. The van der Waals surface area contributed by atoms with Crippen LogP contribution in [0, 0.1) is 5.82 Å². The van der Waals surface area contributed by atoms with E-state index >= 15 is 4.39 Å². The van der Waals surface area contributed by atoms with Gasteiger partial charge in [0.2, 0.25) is 17.7 Å². The fraction of sp³-hybridized carbons (Fsp3) is 0.268. The van der Waals surface area contributed by atoms with Gasteiger partial charge in [0.1, 0.15) is 25.0 Å². The SMILES string of the molecule is O=C1CCC(N2C(=O)c3cc(F)c(N4CCN(C(=O)CN(Cc5ccc(Cl)cc5)C(=O)OCC5c6ccccc6-c6ccccc65)CC4)cc3C2=O)C(=O)N1. The zero-order valence-electron chi connectivity index (χ0n) is 29.5. The second-order valence-electron chi connectivity index (χ2n) is 14.0. The minimum absolute atomic E-state index is 0.0140. The van der Waals surface area contributed by atoms with Crippen LogP contribution in [0.3, 0.4) is 0 Å². The Morgan fingerprint density at radius 2 is 1.44 bits per heavy atom. The molecule has 0 saturated carbocycles. The van der Waals surface area contributed by atoms with Crippen LogP contribution < -0.4 is 10.2 Å². The average molecular weight is 764 g/mol. The monoisotopic (exact) mass is 763 g/mol. The molecule has 4 aromatic carbocycles. The third-order valence-electron chi connectivity index (χ3n) is 10.7. The van der Waals surface area contributed by atoms with Gasteiger partial charge in [-0.2, -0.15) is 0 Å². The third kappa shape index (κ3) is 6.80. The number of imide groups is 2. The molecule has 0 bridgehead atoms. The van der Waals surface area contributed by atoms with Gasteiger partial charge in [-0.15, -0.1) is 0 Å². The lowest BCUT2D eigenvalue weighted by atomic mass is 9.98. The summed E-state index contributed by atoms with van der Waals surface area (Å²) < 4.78 is 21.5. The number of halogens is 2. The molecule has 4 aromatic rings. The molecule has 12 nitrogen and oxygen atoms in total. The van der Waals surface area contributed by atoms with Gasteiger partial charge >= 0.3 is 6.09 Å². The zero-order chi connectivity index (χ0) is 38.4. The van der Waals surface area contributed by atoms with E-state index in [9.17, 15) is 28.8 Å². The number of carbonyl (C=O) groups is 6. The lowest BCUT2D eigenvalue weighted by Crippen LogP contribution is -2.54. The predicted molar refractivity (Wildman–Crippen MR) is 199 cm³/mol. The van der Waals surface area contributed by atoms with Gasteiger partial charge in [-0.05, 0) is 58.5 Å². The fourth-order valence-corrected chi connectivity index (χ4v) is 7.99. The van der Waals surface area contributed by atoms with E-state index < -0.39 is 41.6 Å². The fourth-order valence-electron chi connectivity index (χ4n) is 7.86. The Morgan fingerprint density at radius 1 is 0.818 bits per heavy atom. The van der Waals surface area contributed by atoms with Gasteiger partial charge in [0.05, 0.1) is 16.8 Å². The normalized spacial score (nSPS) is 17.9. The quantitative estimate of drug-likeness (QED) is 0.249. The summed E-state index contributed by atoms with van der Waals surface area (Å²) in [4.78, 5) is 83.5. The van der Waals surface area contributed by atoms with Crippen molar-refractivity contribution in [1.29, 1.82) is 0 Å². The van der Waals surface area contributed by atoms with Crippen LogP contribution in [0.2, 0.25) is 5.02 Å². The minimum atomic E-state index is -1.17. The van der Waals surface area contributed by atoms with Crippen LogP contribution in [0.1, 0.15) is 56.2 Å². The van der Waals surface area contributed by atoms with E-state index in [1.807, 2.05) is 36.4 Å². The number of amides is 6. The summed E-state index contributed by atoms with van der Waals surface area (Å²) in [5.74, 6) is -3.99. The van der Waals surface area contributed by atoms with Crippen molar-refractivity contribution in [3.63, 3.8) is 0 Å². The van der Waals surface area contributed by atoms with Crippen molar-refractivity contribution in [2.24, 2.45) is 0 Å². The number of ether oxygens (including phenoxy) is 1. The van der Waals surface area contributed by atoms with E-state index in [-0.39, 0.29) is 87.4 Å². The number of benzene rings is 4. The highest BCUT2D eigenvalue weighted by Gasteiger charge is 2.45. The number of nitrogens with one attached hydrogen (secondary N) is 1. The van der Waals surface area contributed by atoms with Crippen LogP contribution >= 0.6 is 11.6 Å². The molecule has 2 fully saturated rings.